The summed E-state index contributed by atoms with van der Waals surface area (Å²) in [5.41, 5.74) is -0.147. The number of hydrogen-bond acceptors (Lipinski definition) is 4. The summed E-state index contributed by atoms with van der Waals surface area (Å²) in [6.07, 6.45) is 0.933. The first-order valence-corrected chi connectivity index (χ1v) is 10.3. The maximum atomic E-state index is 15.6. The Balaban J connectivity index is 1.91. The number of halogens is 2. The topological polar surface area (TPSA) is 41.9 Å². The molecule has 148 valence electrons. The lowest BCUT2D eigenvalue weighted by molar-refractivity contribution is 0.00578. The molecule has 1 N–H and O–H groups in total. The molecular formula is C20H28BBrFNO3. The lowest BCUT2D eigenvalue weighted by Gasteiger charge is -2.32. The van der Waals surface area contributed by atoms with Gasteiger partial charge in [0, 0.05) is 29.7 Å². The van der Waals surface area contributed by atoms with Crippen LogP contribution in [-0.2, 0) is 9.31 Å². The summed E-state index contributed by atoms with van der Waals surface area (Å²) in [6.45, 7) is 9.95. The fourth-order valence-electron chi connectivity index (χ4n) is 3.47. The zero-order chi connectivity index (χ0) is 19.8. The lowest BCUT2D eigenvalue weighted by Crippen LogP contribution is -2.41. The fraction of sp³-hybridized carbons (Fsp3) is 0.600. The molecule has 2 fully saturated rings. The van der Waals surface area contributed by atoms with Crippen molar-refractivity contribution in [1.29, 1.82) is 0 Å². The van der Waals surface area contributed by atoms with Gasteiger partial charge < -0.3 is 14.4 Å². The van der Waals surface area contributed by atoms with Crippen molar-refractivity contribution < 1.29 is 18.8 Å². The van der Waals surface area contributed by atoms with Gasteiger partial charge in [0.05, 0.1) is 11.2 Å². The second-order valence-corrected chi connectivity index (χ2v) is 9.41. The van der Waals surface area contributed by atoms with Crippen LogP contribution in [0.2, 0.25) is 0 Å². The molecule has 3 rings (SSSR count). The smallest absolute Gasteiger partial charge is 0.398 e. The van der Waals surface area contributed by atoms with Gasteiger partial charge in [-0.25, -0.2) is 4.39 Å². The number of nitrogens with zero attached hydrogens (tertiary/aromatic N) is 1. The van der Waals surface area contributed by atoms with Crippen LogP contribution in [0.15, 0.2) is 34.5 Å². The Hall–Kier alpha value is -0.725. The molecule has 7 heteroatoms. The molecule has 0 bridgehead atoms. The molecule has 27 heavy (non-hydrogen) atoms. The van der Waals surface area contributed by atoms with Crippen LogP contribution in [0.1, 0.15) is 39.7 Å². The highest BCUT2D eigenvalue weighted by molar-refractivity contribution is 9.10. The number of hydrogen-bond donors (Lipinski definition) is 1. The molecule has 0 aromatic heterocycles. The Labute approximate surface area is 170 Å². The van der Waals surface area contributed by atoms with Crippen molar-refractivity contribution in [1.82, 2.24) is 4.90 Å². The largest absolute Gasteiger partial charge is 0.525 e. The molecule has 1 atom stereocenters. The molecule has 0 spiro atoms. The molecule has 0 amide bonds. The van der Waals surface area contributed by atoms with Gasteiger partial charge >= 0.3 is 7.12 Å². The van der Waals surface area contributed by atoms with Crippen molar-refractivity contribution in [2.75, 3.05) is 26.2 Å². The Morgan fingerprint density at radius 3 is 2.33 bits per heavy atom. The van der Waals surface area contributed by atoms with Gasteiger partial charge in [0.2, 0.25) is 0 Å². The monoisotopic (exact) mass is 439 g/mol. The maximum absolute atomic E-state index is 15.6. The minimum Gasteiger partial charge on any atom is -0.398 e. The van der Waals surface area contributed by atoms with Gasteiger partial charge in [-0.05, 0) is 64.3 Å². The summed E-state index contributed by atoms with van der Waals surface area (Å²) in [7, 11) is -1.01. The van der Waals surface area contributed by atoms with Crippen LogP contribution in [0.5, 0.6) is 0 Å². The summed E-state index contributed by atoms with van der Waals surface area (Å²) < 4.78 is 28.4. The summed E-state index contributed by atoms with van der Waals surface area (Å²) >= 11 is 3.44. The van der Waals surface area contributed by atoms with E-state index in [0.29, 0.717) is 12.1 Å². The average Bonchev–Trinajstić information content (AvgIpc) is 3.14. The van der Waals surface area contributed by atoms with E-state index in [4.69, 9.17) is 9.31 Å². The summed E-state index contributed by atoms with van der Waals surface area (Å²) in [5.74, 6) is 0.260. The molecule has 2 aliphatic heterocycles. The van der Waals surface area contributed by atoms with E-state index < -0.39 is 18.3 Å². The Morgan fingerprint density at radius 2 is 1.81 bits per heavy atom. The van der Waals surface area contributed by atoms with E-state index in [-0.39, 0.29) is 18.3 Å². The first kappa shape index (κ1) is 21.0. The van der Waals surface area contributed by atoms with E-state index in [1.165, 1.54) is 0 Å². The van der Waals surface area contributed by atoms with Gasteiger partial charge in [-0.15, -0.1) is 0 Å². The van der Waals surface area contributed by atoms with E-state index in [2.05, 4.69) is 20.8 Å². The number of aliphatic hydroxyl groups is 1. The number of benzene rings is 1. The molecule has 1 unspecified atom stereocenters. The third kappa shape index (κ3) is 4.48. The minimum atomic E-state index is -1.01. The minimum absolute atomic E-state index is 0.174. The zero-order valence-corrected chi connectivity index (χ0v) is 18.1. The molecule has 0 saturated carbocycles. The van der Waals surface area contributed by atoms with Crippen LogP contribution in [0.3, 0.4) is 0 Å². The van der Waals surface area contributed by atoms with Crippen LogP contribution < -0.4 is 0 Å². The molecule has 2 saturated heterocycles. The van der Waals surface area contributed by atoms with Crippen molar-refractivity contribution in [3.63, 3.8) is 0 Å². The first-order valence-electron chi connectivity index (χ1n) is 9.46. The van der Waals surface area contributed by atoms with E-state index in [0.717, 1.165) is 29.5 Å². The van der Waals surface area contributed by atoms with Crippen LogP contribution in [0.4, 0.5) is 4.39 Å². The van der Waals surface area contributed by atoms with Crippen LogP contribution in [0, 0.1) is 5.92 Å². The van der Waals surface area contributed by atoms with E-state index in [9.17, 15) is 5.11 Å². The number of likely N-dealkylation sites (tertiary alicyclic amines) is 1. The predicted molar refractivity (Wildman–Crippen MR) is 110 cm³/mol. The van der Waals surface area contributed by atoms with Crippen molar-refractivity contribution in [2.45, 2.75) is 45.3 Å². The highest BCUT2D eigenvalue weighted by Gasteiger charge is 2.53. The van der Waals surface area contributed by atoms with Crippen LogP contribution >= 0.6 is 15.9 Å². The Kier molecular flexibility index (Phi) is 6.18. The molecule has 2 heterocycles. The van der Waals surface area contributed by atoms with Gasteiger partial charge in [-0.2, -0.15) is 0 Å². The normalized spacial score (nSPS) is 25.7. The van der Waals surface area contributed by atoms with Crippen molar-refractivity contribution in [2.24, 2.45) is 5.92 Å². The van der Waals surface area contributed by atoms with Gasteiger partial charge in [0.25, 0.3) is 0 Å². The third-order valence-corrected chi connectivity index (χ3v) is 6.48. The molecule has 1 aromatic carbocycles. The quantitative estimate of drug-likeness (QED) is 0.702. The number of aliphatic hydroxyl groups excluding tert-OH is 1. The highest BCUT2D eigenvalue weighted by Crippen LogP contribution is 2.40. The van der Waals surface area contributed by atoms with Crippen molar-refractivity contribution >= 4 is 28.6 Å². The summed E-state index contributed by atoms with van der Waals surface area (Å²) in [4.78, 5) is 2.18. The first-order chi connectivity index (χ1) is 12.6. The average molecular weight is 440 g/mol. The maximum Gasteiger partial charge on any atom is 0.525 e. The van der Waals surface area contributed by atoms with Gasteiger partial charge in [-0.1, -0.05) is 28.1 Å². The van der Waals surface area contributed by atoms with Crippen molar-refractivity contribution in [3.05, 3.63) is 40.0 Å². The standard InChI is InChI=1S/C20H28BBrFNO3/c1-19(2)20(3,4)27-21(26-19)18(23)17(15-5-7-16(22)8-6-15)12-24-10-9-14(11-24)13-25/h5-8,14,25H,9-13H2,1-4H3. The second kappa shape index (κ2) is 7.95. The van der Waals surface area contributed by atoms with Crippen molar-refractivity contribution in [3.8, 4) is 0 Å². The van der Waals surface area contributed by atoms with E-state index in [1.54, 1.807) is 0 Å². The molecule has 0 radical (unpaired) electrons. The van der Waals surface area contributed by atoms with Gasteiger partial charge in [0.15, 0.2) is 0 Å². The number of rotatable bonds is 5. The molecule has 2 aliphatic rings. The third-order valence-electron chi connectivity index (χ3n) is 5.95. The van der Waals surface area contributed by atoms with E-state index >= 15 is 4.39 Å². The highest BCUT2D eigenvalue weighted by atomic mass is 79.9. The Bertz CT molecular complexity index is 692. The summed E-state index contributed by atoms with van der Waals surface area (Å²) in [5, 5.41) is 9.40. The van der Waals surface area contributed by atoms with Crippen LogP contribution in [-0.4, -0.2) is 54.6 Å². The lowest BCUT2D eigenvalue weighted by atomic mass is 9.82. The Morgan fingerprint density at radius 1 is 1.22 bits per heavy atom. The summed E-state index contributed by atoms with van der Waals surface area (Å²) in [6, 6.07) is 7.63. The van der Waals surface area contributed by atoms with Crippen LogP contribution in [0.25, 0.3) is 5.57 Å². The second-order valence-electron chi connectivity index (χ2n) is 8.49. The molecule has 0 aliphatic carbocycles. The predicted octanol–water partition coefficient (Wildman–Crippen LogP) is 4.08. The molecular weight excluding hydrogens is 412 g/mol. The SMILES string of the molecule is CC1(C)OB(C(F)=C(CN2CCC(CO)C2)c2ccc(Br)cc2)OC1(C)C. The van der Waals surface area contributed by atoms with Gasteiger partial charge in [0.1, 0.15) is 5.73 Å². The van der Waals surface area contributed by atoms with E-state index in [1.807, 2.05) is 52.0 Å². The fourth-order valence-corrected chi connectivity index (χ4v) is 3.74. The molecule has 1 aromatic rings. The van der Waals surface area contributed by atoms with Gasteiger partial charge in [-0.3, -0.25) is 4.90 Å². The molecule has 4 nitrogen and oxygen atoms in total. The zero-order valence-electron chi connectivity index (χ0n) is 16.5.